The van der Waals surface area contributed by atoms with Crippen LogP contribution in [0.15, 0.2) is 47.9 Å². The number of hydrogen-bond donors (Lipinski definition) is 3. The maximum atomic E-state index is 11.9. The summed E-state index contributed by atoms with van der Waals surface area (Å²) in [4.78, 5) is 23.1. The maximum absolute atomic E-state index is 11.9. The van der Waals surface area contributed by atoms with Crippen molar-refractivity contribution in [2.24, 2.45) is 5.73 Å². The molecule has 6 heteroatoms. The molecule has 0 aliphatic heterocycles. The lowest BCUT2D eigenvalue weighted by atomic mass is 9.94. The lowest BCUT2D eigenvalue weighted by Crippen LogP contribution is -2.35. The molecule has 2 rings (SSSR count). The third-order valence-electron chi connectivity index (χ3n) is 4.08. The third-order valence-corrected chi connectivity index (χ3v) is 4.08. The number of esters is 1. The monoisotopic (exact) mass is 366 g/mol. The van der Waals surface area contributed by atoms with Crippen LogP contribution in [0.25, 0.3) is 11.1 Å². The number of carbonyl (C=O) groups is 2. The summed E-state index contributed by atoms with van der Waals surface area (Å²) in [5.74, 6) is -2.85. The number of aliphatic hydroxyl groups is 1. The predicted molar refractivity (Wildman–Crippen MR) is 101 cm³/mol. The van der Waals surface area contributed by atoms with Crippen LogP contribution in [0.5, 0.6) is 0 Å². The predicted octanol–water partition coefficient (Wildman–Crippen LogP) is 2.21. The second-order valence-electron chi connectivity index (χ2n) is 6.14. The molecule has 0 radical (unpaired) electrons. The van der Waals surface area contributed by atoms with Crippen molar-refractivity contribution in [2.45, 2.75) is 26.3 Å². The number of nitrogens with one attached hydrogen (secondary N) is 1. The van der Waals surface area contributed by atoms with Crippen LogP contribution >= 0.6 is 0 Å². The van der Waals surface area contributed by atoms with Crippen LogP contribution in [0.3, 0.4) is 0 Å². The highest BCUT2D eigenvalue weighted by Crippen LogP contribution is 2.26. The van der Waals surface area contributed by atoms with Gasteiger partial charge in [-0.1, -0.05) is 36.4 Å². The number of amides is 1. The first-order valence-corrected chi connectivity index (χ1v) is 8.40. The van der Waals surface area contributed by atoms with Gasteiger partial charge in [0, 0.05) is 18.0 Å². The van der Waals surface area contributed by atoms with Crippen LogP contribution in [0, 0.1) is 19.1 Å². The number of benzene rings is 1. The summed E-state index contributed by atoms with van der Waals surface area (Å²) < 4.78 is 4.60. The van der Waals surface area contributed by atoms with Crippen LogP contribution in [-0.2, 0) is 20.7 Å². The molecule has 1 unspecified atom stereocenters. The topological polar surface area (TPSA) is 102 Å². The van der Waals surface area contributed by atoms with Gasteiger partial charge < -0.3 is 20.9 Å². The largest absolute Gasteiger partial charge is 0.501 e. The molecule has 2 aromatic rings. The lowest BCUT2D eigenvalue weighted by Gasteiger charge is -2.18. The van der Waals surface area contributed by atoms with Crippen molar-refractivity contribution in [3.8, 4) is 11.1 Å². The van der Waals surface area contributed by atoms with Crippen molar-refractivity contribution in [3.05, 3.63) is 71.1 Å². The van der Waals surface area contributed by atoms with Crippen molar-refractivity contribution in [3.63, 3.8) is 0 Å². The normalized spacial score (nSPS) is 12.4. The molecule has 0 saturated heterocycles. The molecule has 0 saturated carbocycles. The van der Waals surface area contributed by atoms with Gasteiger partial charge in [-0.2, -0.15) is 0 Å². The van der Waals surface area contributed by atoms with E-state index in [9.17, 15) is 14.7 Å². The Balaban J connectivity index is 2.30. The molecule has 27 heavy (non-hydrogen) atoms. The Labute approximate surface area is 158 Å². The van der Waals surface area contributed by atoms with Crippen molar-refractivity contribution < 1.29 is 19.4 Å². The number of primary amides is 1. The molecule has 0 fully saturated rings. The van der Waals surface area contributed by atoms with Gasteiger partial charge in [0.25, 0.3) is 5.91 Å². The van der Waals surface area contributed by atoms with E-state index in [-0.39, 0.29) is 11.7 Å². The SMILES string of the molecule is COC(=O)/C(NC(C)Cc1c#cccc1-c1ccccc1C)=C(\O)C(N)=O. The van der Waals surface area contributed by atoms with Crippen LogP contribution in [0.1, 0.15) is 18.1 Å². The molecule has 0 aliphatic rings. The summed E-state index contributed by atoms with van der Waals surface area (Å²) in [6.45, 7) is 3.83. The van der Waals surface area contributed by atoms with Crippen molar-refractivity contribution in [2.75, 3.05) is 7.11 Å². The second-order valence-corrected chi connectivity index (χ2v) is 6.14. The molecular formula is C21H22N2O4. The van der Waals surface area contributed by atoms with E-state index in [1.54, 1.807) is 13.0 Å². The molecule has 0 aliphatic carbocycles. The first kappa shape index (κ1) is 19.9. The fraction of sp³-hybridized carbons (Fsp3) is 0.238. The van der Waals surface area contributed by atoms with Crippen molar-refractivity contribution in [1.29, 1.82) is 0 Å². The van der Waals surface area contributed by atoms with Crippen LogP contribution < -0.4 is 11.1 Å². The molecule has 0 heterocycles. The molecule has 4 N–H and O–H groups in total. The first-order valence-electron chi connectivity index (χ1n) is 8.40. The number of methoxy groups -OCH3 is 1. The number of aryl methyl sites for hydroxylation is 1. The van der Waals surface area contributed by atoms with Gasteiger partial charge in [-0.25, -0.2) is 4.79 Å². The quantitative estimate of drug-likeness (QED) is 0.396. The molecule has 0 aromatic heterocycles. The molecule has 0 bridgehead atoms. The highest BCUT2D eigenvalue weighted by Gasteiger charge is 2.22. The Morgan fingerprint density at radius 3 is 2.59 bits per heavy atom. The zero-order valence-corrected chi connectivity index (χ0v) is 15.5. The Hall–Kier alpha value is -3.46. The van der Waals surface area contributed by atoms with Crippen molar-refractivity contribution >= 4 is 11.9 Å². The van der Waals surface area contributed by atoms with Gasteiger partial charge in [0.1, 0.15) is 0 Å². The lowest BCUT2D eigenvalue weighted by molar-refractivity contribution is -0.137. The zero-order valence-electron chi connectivity index (χ0n) is 15.5. The summed E-state index contributed by atoms with van der Waals surface area (Å²) in [5.41, 5.74) is 8.79. The smallest absolute Gasteiger partial charge is 0.358 e. The van der Waals surface area contributed by atoms with E-state index >= 15 is 0 Å². The highest BCUT2D eigenvalue weighted by atomic mass is 16.5. The van der Waals surface area contributed by atoms with E-state index in [0.717, 1.165) is 29.4 Å². The molecule has 1 atom stereocenters. The zero-order chi connectivity index (χ0) is 20.0. The Morgan fingerprint density at radius 2 is 1.96 bits per heavy atom. The van der Waals surface area contributed by atoms with E-state index in [4.69, 9.17) is 5.73 Å². The average Bonchev–Trinajstić information content (AvgIpc) is 2.66. The highest BCUT2D eigenvalue weighted by molar-refractivity contribution is 5.99. The Kier molecular flexibility index (Phi) is 6.45. The van der Waals surface area contributed by atoms with Crippen molar-refractivity contribution in [1.82, 2.24) is 5.32 Å². The number of aliphatic hydroxyl groups excluding tert-OH is 1. The van der Waals surface area contributed by atoms with Crippen LogP contribution in [-0.4, -0.2) is 30.1 Å². The van der Waals surface area contributed by atoms with Gasteiger partial charge in [-0.15, -0.1) is 0 Å². The minimum Gasteiger partial charge on any atom is -0.501 e. The van der Waals surface area contributed by atoms with E-state index in [1.165, 1.54) is 0 Å². The average molecular weight is 366 g/mol. The summed E-state index contributed by atoms with van der Waals surface area (Å²) in [5, 5.41) is 12.6. The van der Waals surface area contributed by atoms with Crippen LogP contribution in [0.2, 0.25) is 0 Å². The Morgan fingerprint density at radius 1 is 1.26 bits per heavy atom. The van der Waals surface area contributed by atoms with E-state index in [0.29, 0.717) is 6.42 Å². The summed E-state index contributed by atoms with van der Waals surface area (Å²) >= 11 is 0. The molecule has 0 spiro atoms. The number of carbonyl (C=O) groups excluding carboxylic acids is 2. The van der Waals surface area contributed by atoms with E-state index in [1.807, 2.05) is 37.3 Å². The van der Waals surface area contributed by atoms with Gasteiger partial charge in [0.2, 0.25) is 5.76 Å². The van der Waals surface area contributed by atoms with Gasteiger partial charge >= 0.3 is 5.97 Å². The fourth-order valence-electron chi connectivity index (χ4n) is 2.76. The Bertz CT molecular complexity index is 874. The standard InChI is InChI=1S/C21H22N2O4/c1-13-8-4-6-10-16(13)17-11-7-5-9-15(17)12-14(2)23-18(21(26)27-3)19(24)20(22)25/h4,6-8,10-11,14,23-24H,12H2,1-3H3,(H2,22,25)/b19-18+. The minimum absolute atomic E-state index is 0.324. The van der Waals surface area contributed by atoms with Gasteiger partial charge in [0.15, 0.2) is 5.70 Å². The summed E-state index contributed by atoms with van der Waals surface area (Å²) in [6, 6.07) is 17.5. The number of ether oxygens (including phenoxy) is 1. The van der Waals surface area contributed by atoms with Crippen LogP contribution in [0.4, 0.5) is 0 Å². The minimum atomic E-state index is -1.12. The first-order chi connectivity index (χ1) is 12.8. The summed E-state index contributed by atoms with van der Waals surface area (Å²) in [6.07, 6.45) is 0.466. The second kappa shape index (κ2) is 8.77. The van der Waals surface area contributed by atoms with E-state index < -0.39 is 17.6 Å². The van der Waals surface area contributed by atoms with Gasteiger partial charge in [0.05, 0.1) is 7.11 Å². The molecule has 1 amide bonds. The maximum Gasteiger partial charge on any atom is 0.358 e. The van der Waals surface area contributed by atoms with Gasteiger partial charge in [-0.3, -0.25) is 4.79 Å². The third kappa shape index (κ3) is 4.79. The number of hydrogen-bond acceptors (Lipinski definition) is 5. The molecule has 6 nitrogen and oxygen atoms in total. The van der Waals surface area contributed by atoms with E-state index in [2.05, 4.69) is 22.2 Å². The molecular weight excluding hydrogens is 344 g/mol. The fourth-order valence-corrected chi connectivity index (χ4v) is 2.76. The summed E-state index contributed by atoms with van der Waals surface area (Å²) in [7, 11) is 1.15. The molecule has 2 aromatic carbocycles. The number of nitrogens with two attached hydrogens (primary N) is 1. The molecule has 140 valence electrons. The number of rotatable bonds is 7. The van der Waals surface area contributed by atoms with Gasteiger partial charge in [-0.05, 0) is 42.7 Å².